The largest absolute Gasteiger partial charge is 0.416 e. The summed E-state index contributed by atoms with van der Waals surface area (Å²) in [5.74, 6) is 0.344. The highest BCUT2D eigenvalue weighted by Gasteiger charge is 2.36. The molecule has 0 spiro atoms. The number of aryl methyl sites for hydroxylation is 1. The summed E-state index contributed by atoms with van der Waals surface area (Å²) in [4.78, 5) is 11.8. The van der Waals surface area contributed by atoms with Crippen molar-refractivity contribution in [2.75, 3.05) is 0 Å². The Hall–Kier alpha value is -3.12. The molecule has 6 nitrogen and oxygen atoms in total. The van der Waals surface area contributed by atoms with Crippen LogP contribution in [0.4, 0.5) is 13.2 Å². The lowest BCUT2D eigenvalue weighted by molar-refractivity contribution is -0.0879. The molecule has 0 unspecified atom stereocenters. The summed E-state index contributed by atoms with van der Waals surface area (Å²) in [7, 11) is 1.71. The van der Waals surface area contributed by atoms with Crippen molar-refractivity contribution in [1.82, 2.24) is 24.7 Å². The van der Waals surface area contributed by atoms with Crippen molar-refractivity contribution in [3.63, 3.8) is 0 Å². The number of aromatic amines is 1. The Bertz CT molecular complexity index is 1330. The van der Waals surface area contributed by atoms with E-state index >= 15 is 0 Å². The van der Waals surface area contributed by atoms with E-state index in [1.165, 1.54) is 12.1 Å². The van der Waals surface area contributed by atoms with Gasteiger partial charge in [-0.1, -0.05) is 44.5 Å². The zero-order chi connectivity index (χ0) is 23.4. The number of nitriles is 1. The van der Waals surface area contributed by atoms with Crippen LogP contribution in [0.1, 0.15) is 50.6 Å². The molecule has 3 heterocycles. The number of nitrogens with one attached hydrogen (secondary N) is 1. The number of pyridine rings is 1. The van der Waals surface area contributed by atoms with Crippen molar-refractivity contribution in [2.24, 2.45) is 7.05 Å². The number of halogens is 4. The van der Waals surface area contributed by atoms with E-state index in [2.05, 4.69) is 26.1 Å². The number of H-pyrrole nitrogens is 1. The maximum absolute atomic E-state index is 13.5. The highest BCUT2D eigenvalue weighted by molar-refractivity contribution is 6.33. The van der Waals surface area contributed by atoms with Gasteiger partial charge in [-0.25, -0.2) is 9.97 Å². The Balaban J connectivity index is 1.91. The van der Waals surface area contributed by atoms with Crippen LogP contribution in [0.2, 0.25) is 5.15 Å². The summed E-state index contributed by atoms with van der Waals surface area (Å²) >= 11 is 6.33. The first kappa shape index (κ1) is 22.1. The summed E-state index contributed by atoms with van der Waals surface area (Å²) in [6.07, 6.45) is -1.22. The van der Waals surface area contributed by atoms with Crippen LogP contribution < -0.4 is 0 Å². The maximum atomic E-state index is 13.5. The molecule has 1 aliphatic rings. The number of aromatic nitrogens is 5. The van der Waals surface area contributed by atoms with Gasteiger partial charge in [-0.15, -0.1) is 0 Å². The normalized spacial score (nSPS) is 15.0. The second-order valence-electron chi connectivity index (χ2n) is 8.67. The molecule has 1 N–H and O–H groups in total. The van der Waals surface area contributed by atoms with Crippen LogP contribution in [-0.2, 0) is 12.5 Å². The molecule has 166 valence electrons. The van der Waals surface area contributed by atoms with Gasteiger partial charge in [0.2, 0.25) is 0 Å². The smallest absolute Gasteiger partial charge is 0.336 e. The zero-order valence-electron chi connectivity index (χ0n) is 17.9. The van der Waals surface area contributed by atoms with Crippen LogP contribution in [0.3, 0.4) is 0 Å². The number of hydrogen-bond donors (Lipinski definition) is 1. The van der Waals surface area contributed by atoms with Crippen LogP contribution in [0.25, 0.3) is 28.1 Å². The van der Waals surface area contributed by atoms with Crippen LogP contribution >= 0.6 is 11.6 Å². The van der Waals surface area contributed by atoms with Gasteiger partial charge in [0, 0.05) is 12.5 Å². The first-order valence-corrected chi connectivity index (χ1v) is 10.3. The van der Waals surface area contributed by atoms with E-state index in [1.54, 1.807) is 11.7 Å². The molecular weight excluding hydrogens is 441 g/mol. The quantitative estimate of drug-likeness (QED) is 0.486. The van der Waals surface area contributed by atoms with Crippen molar-refractivity contribution in [3.05, 3.63) is 45.9 Å². The topological polar surface area (TPSA) is 83.2 Å². The minimum Gasteiger partial charge on any atom is -0.336 e. The third-order valence-electron chi connectivity index (χ3n) is 5.31. The Kier molecular flexibility index (Phi) is 5.17. The minimum atomic E-state index is -4.49. The molecule has 0 aliphatic heterocycles. The molecule has 32 heavy (non-hydrogen) atoms. The minimum absolute atomic E-state index is 0.0136. The van der Waals surface area contributed by atoms with E-state index < -0.39 is 11.7 Å². The summed E-state index contributed by atoms with van der Waals surface area (Å²) in [6, 6.07) is 3.72. The summed E-state index contributed by atoms with van der Waals surface area (Å²) < 4.78 is 42.1. The Morgan fingerprint density at radius 1 is 1.22 bits per heavy atom. The van der Waals surface area contributed by atoms with Crippen LogP contribution in [-0.4, -0.2) is 30.9 Å². The summed E-state index contributed by atoms with van der Waals surface area (Å²) in [5, 5.41) is 14.3. The SMILES string of the molecule is Cn1nc(C(C)(C)C)c(C#N)c1-c1nc2c(Cl)nc(C3=C(C(F)(F)F)C=CCC3)cc2[nH]1. The molecular formula is C22H20ClF3N6. The number of allylic oxidation sites excluding steroid dienone is 4. The predicted octanol–water partition coefficient (Wildman–Crippen LogP) is 5.85. The lowest BCUT2D eigenvalue weighted by atomic mass is 9.89. The fourth-order valence-electron chi connectivity index (χ4n) is 3.87. The van der Waals surface area contributed by atoms with Crippen molar-refractivity contribution in [2.45, 2.75) is 45.2 Å². The molecule has 1 aliphatic carbocycles. The molecule has 0 amide bonds. The molecule has 0 fully saturated rings. The summed E-state index contributed by atoms with van der Waals surface area (Å²) in [6.45, 7) is 5.86. The molecule has 0 saturated heterocycles. The Labute approximate surface area is 187 Å². The summed E-state index contributed by atoms with van der Waals surface area (Å²) in [5.41, 5.74) is 1.37. The van der Waals surface area contributed by atoms with Gasteiger partial charge in [0.25, 0.3) is 0 Å². The molecule has 3 aromatic heterocycles. The Morgan fingerprint density at radius 2 is 1.94 bits per heavy atom. The number of imidazole rings is 1. The van der Waals surface area contributed by atoms with E-state index in [0.29, 0.717) is 40.2 Å². The van der Waals surface area contributed by atoms with E-state index in [1.807, 2.05) is 20.8 Å². The highest BCUT2D eigenvalue weighted by Crippen LogP contribution is 2.39. The third kappa shape index (κ3) is 3.69. The van der Waals surface area contributed by atoms with Crippen LogP contribution in [0.5, 0.6) is 0 Å². The second-order valence-corrected chi connectivity index (χ2v) is 9.03. The number of nitrogens with zero attached hydrogens (tertiary/aromatic N) is 5. The van der Waals surface area contributed by atoms with Gasteiger partial charge < -0.3 is 4.98 Å². The van der Waals surface area contributed by atoms with Gasteiger partial charge in [0.15, 0.2) is 11.0 Å². The van der Waals surface area contributed by atoms with E-state index in [9.17, 15) is 18.4 Å². The van der Waals surface area contributed by atoms with Crippen LogP contribution in [0, 0.1) is 11.3 Å². The fourth-order valence-corrected chi connectivity index (χ4v) is 4.10. The van der Waals surface area contributed by atoms with Gasteiger partial charge >= 0.3 is 6.18 Å². The van der Waals surface area contributed by atoms with Gasteiger partial charge in [-0.2, -0.15) is 23.5 Å². The van der Waals surface area contributed by atoms with Crippen molar-refractivity contribution < 1.29 is 13.2 Å². The number of alkyl halides is 3. The first-order valence-electron chi connectivity index (χ1n) is 9.93. The lowest BCUT2D eigenvalue weighted by Crippen LogP contribution is -2.14. The molecule has 0 saturated carbocycles. The van der Waals surface area contributed by atoms with E-state index in [-0.39, 0.29) is 28.3 Å². The van der Waals surface area contributed by atoms with E-state index in [4.69, 9.17) is 11.6 Å². The molecule has 10 heteroatoms. The molecule has 0 radical (unpaired) electrons. The monoisotopic (exact) mass is 460 g/mol. The number of rotatable bonds is 2. The number of hydrogen-bond acceptors (Lipinski definition) is 4. The number of fused-ring (bicyclic) bond motifs is 1. The van der Waals surface area contributed by atoms with Crippen molar-refractivity contribution in [1.29, 1.82) is 5.26 Å². The molecule has 0 bridgehead atoms. The molecule has 3 aromatic rings. The van der Waals surface area contributed by atoms with Crippen LogP contribution in [0.15, 0.2) is 23.8 Å². The standard InChI is InChI=1S/C22H20ClF3N6/c1-21(2,3)18-12(10-27)17(32(4)31-18)20-29-15-9-14(28-19(23)16(15)30-20)11-7-5-6-8-13(11)22(24,25)26/h6,8-9H,5,7H2,1-4H3,(H,29,30). The van der Waals surface area contributed by atoms with E-state index in [0.717, 1.165) is 6.08 Å². The lowest BCUT2D eigenvalue weighted by Gasteiger charge is -2.18. The average Bonchev–Trinajstić information content (AvgIpc) is 3.27. The zero-order valence-corrected chi connectivity index (χ0v) is 18.7. The molecule has 0 atom stereocenters. The molecule has 4 rings (SSSR count). The third-order valence-corrected chi connectivity index (χ3v) is 5.57. The van der Waals surface area contributed by atoms with Gasteiger partial charge in [-0.3, -0.25) is 4.68 Å². The van der Waals surface area contributed by atoms with Gasteiger partial charge in [0.05, 0.1) is 22.5 Å². The second kappa shape index (κ2) is 7.48. The average molecular weight is 461 g/mol. The maximum Gasteiger partial charge on any atom is 0.416 e. The molecule has 0 aromatic carbocycles. The first-order chi connectivity index (χ1) is 14.9. The fraction of sp³-hybridized carbons (Fsp3) is 0.364. The van der Waals surface area contributed by atoms with Crippen molar-refractivity contribution in [3.8, 4) is 17.6 Å². The van der Waals surface area contributed by atoms with Gasteiger partial charge in [0.1, 0.15) is 22.8 Å². The predicted molar refractivity (Wildman–Crippen MR) is 116 cm³/mol. The Morgan fingerprint density at radius 3 is 2.56 bits per heavy atom. The van der Waals surface area contributed by atoms with Gasteiger partial charge in [-0.05, 0) is 24.5 Å². The van der Waals surface area contributed by atoms with Crippen molar-refractivity contribution >= 4 is 28.2 Å². The highest BCUT2D eigenvalue weighted by atomic mass is 35.5.